The molecule has 0 heterocycles. The summed E-state index contributed by atoms with van der Waals surface area (Å²) in [7, 11) is 0. The molecule has 124 valence electrons. The Morgan fingerprint density at radius 2 is 1.10 bits per heavy atom. The van der Waals surface area contributed by atoms with Crippen LogP contribution >= 0.6 is 0 Å². The maximum Gasteiger partial charge on any atom is 0.303 e. The Morgan fingerprint density at radius 1 is 0.667 bits per heavy atom. The number of carboxylic acid groups (broad SMARTS) is 1. The van der Waals surface area contributed by atoms with Crippen LogP contribution in [0, 0.1) is 0 Å². The fraction of sp³-hybridized carbons (Fsp3) is 0.833. The Hall–Kier alpha value is -0.830. The molecular weight excluding hydrogens is 264 g/mol. The molecule has 0 unspecified atom stereocenters. The van der Waals surface area contributed by atoms with Crippen LogP contribution in [-0.2, 0) is 4.79 Å². The average molecular weight is 298 g/mol. The van der Waals surface area contributed by atoms with Crippen molar-refractivity contribution in [3.8, 4) is 0 Å². The first kappa shape index (κ1) is 20.2. The van der Waals surface area contributed by atoms with Gasteiger partial charge in [-0.15, -0.1) is 0 Å². The Morgan fingerprint density at radius 3 is 1.57 bits per heavy atom. The van der Waals surface area contributed by atoms with Crippen LogP contribution in [0.15, 0.2) is 12.2 Å². The van der Waals surface area contributed by atoms with Crippen LogP contribution in [0.1, 0.15) is 89.9 Å². The highest BCUT2D eigenvalue weighted by Crippen LogP contribution is 2.09. The molecule has 0 rings (SSSR count). The average Bonchev–Trinajstić information content (AvgIpc) is 2.46. The van der Waals surface area contributed by atoms with Gasteiger partial charge in [0, 0.05) is 13.0 Å². The van der Waals surface area contributed by atoms with Crippen molar-refractivity contribution < 1.29 is 15.0 Å². The predicted octanol–water partition coefficient (Wildman–Crippen LogP) is 5.08. The maximum atomic E-state index is 10.3. The van der Waals surface area contributed by atoms with Crippen molar-refractivity contribution in [2.24, 2.45) is 0 Å². The smallest absolute Gasteiger partial charge is 0.303 e. The van der Waals surface area contributed by atoms with Crippen molar-refractivity contribution in [1.29, 1.82) is 0 Å². The van der Waals surface area contributed by atoms with E-state index in [9.17, 15) is 4.79 Å². The summed E-state index contributed by atoms with van der Waals surface area (Å²) in [5, 5.41) is 17.2. The second-order valence-corrected chi connectivity index (χ2v) is 5.81. The summed E-state index contributed by atoms with van der Waals surface area (Å²) in [6.07, 6.45) is 20.0. The van der Waals surface area contributed by atoms with Gasteiger partial charge in [-0.3, -0.25) is 4.79 Å². The summed E-state index contributed by atoms with van der Waals surface area (Å²) in [6.45, 7) is 0.336. The zero-order valence-electron chi connectivity index (χ0n) is 13.6. The lowest BCUT2D eigenvalue weighted by molar-refractivity contribution is -0.137. The van der Waals surface area contributed by atoms with Gasteiger partial charge in [0.25, 0.3) is 0 Å². The number of unbranched alkanes of at least 4 members (excludes halogenated alkanes) is 11. The highest BCUT2D eigenvalue weighted by atomic mass is 16.4. The minimum absolute atomic E-state index is 0.319. The number of carboxylic acids is 1. The fourth-order valence-corrected chi connectivity index (χ4v) is 2.39. The maximum absolute atomic E-state index is 10.3. The molecule has 0 aliphatic carbocycles. The molecule has 0 fully saturated rings. The van der Waals surface area contributed by atoms with Crippen molar-refractivity contribution >= 4 is 5.97 Å². The molecule has 0 aromatic rings. The molecule has 3 heteroatoms. The number of hydrogen-bond acceptors (Lipinski definition) is 2. The lowest BCUT2D eigenvalue weighted by Gasteiger charge is -1.99. The summed E-state index contributed by atoms with van der Waals surface area (Å²) in [4.78, 5) is 10.3. The molecule has 0 aliphatic rings. The SMILES string of the molecule is O=C(O)CCCCCCC/C=C/CCCCCCCCO. The first-order valence-electron chi connectivity index (χ1n) is 8.75. The van der Waals surface area contributed by atoms with Gasteiger partial charge in [0.2, 0.25) is 0 Å². The zero-order chi connectivity index (χ0) is 15.6. The molecule has 0 bridgehead atoms. The summed E-state index contributed by atoms with van der Waals surface area (Å²) < 4.78 is 0. The molecule has 0 aromatic carbocycles. The van der Waals surface area contributed by atoms with Crippen molar-refractivity contribution in [3.63, 3.8) is 0 Å². The van der Waals surface area contributed by atoms with E-state index in [1.54, 1.807) is 0 Å². The molecule has 0 aromatic heterocycles. The van der Waals surface area contributed by atoms with Crippen LogP contribution in [-0.4, -0.2) is 22.8 Å². The Balaban J connectivity index is 3.07. The molecule has 0 saturated carbocycles. The van der Waals surface area contributed by atoms with E-state index >= 15 is 0 Å². The Bertz CT molecular complexity index is 249. The molecular formula is C18H34O3. The highest BCUT2D eigenvalue weighted by Gasteiger charge is 1.95. The van der Waals surface area contributed by atoms with Crippen LogP contribution in [0.5, 0.6) is 0 Å². The van der Waals surface area contributed by atoms with Gasteiger partial charge in [0.05, 0.1) is 0 Å². The Kier molecular flexibility index (Phi) is 16.5. The molecule has 0 amide bonds. The third-order valence-electron chi connectivity index (χ3n) is 3.71. The van der Waals surface area contributed by atoms with Crippen molar-refractivity contribution in [2.45, 2.75) is 89.9 Å². The van der Waals surface area contributed by atoms with Gasteiger partial charge in [-0.1, -0.05) is 57.1 Å². The second-order valence-electron chi connectivity index (χ2n) is 5.81. The quantitative estimate of drug-likeness (QED) is 0.308. The minimum Gasteiger partial charge on any atom is -0.481 e. The number of aliphatic hydroxyl groups is 1. The lowest BCUT2D eigenvalue weighted by Crippen LogP contribution is -1.93. The number of aliphatic hydroxyl groups excluding tert-OH is 1. The van der Waals surface area contributed by atoms with Crippen LogP contribution in [0.25, 0.3) is 0 Å². The lowest BCUT2D eigenvalue weighted by atomic mass is 10.1. The third kappa shape index (κ3) is 19.2. The van der Waals surface area contributed by atoms with E-state index in [4.69, 9.17) is 10.2 Å². The fourth-order valence-electron chi connectivity index (χ4n) is 2.39. The summed E-state index contributed by atoms with van der Waals surface area (Å²) in [5.41, 5.74) is 0. The number of rotatable bonds is 16. The molecule has 0 aliphatic heterocycles. The third-order valence-corrected chi connectivity index (χ3v) is 3.71. The first-order valence-corrected chi connectivity index (χ1v) is 8.75. The molecule has 0 atom stereocenters. The van der Waals surface area contributed by atoms with Crippen molar-refractivity contribution in [1.82, 2.24) is 0 Å². The van der Waals surface area contributed by atoms with Crippen LogP contribution in [0.2, 0.25) is 0 Å². The van der Waals surface area contributed by atoms with Crippen LogP contribution in [0.4, 0.5) is 0 Å². The molecule has 21 heavy (non-hydrogen) atoms. The summed E-state index contributed by atoms with van der Waals surface area (Å²) >= 11 is 0. The van der Waals surface area contributed by atoms with E-state index in [2.05, 4.69) is 12.2 Å². The first-order chi connectivity index (χ1) is 10.3. The highest BCUT2D eigenvalue weighted by molar-refractivity contribution is 5.66. The van der Waals surface area contributed by atoms with E-state index in [-0.39, 0.29) is 0 Å². The van der Waals surface area contributed by atoms with E-state index in [1.165, 1.54) is 51.4 Å². The second kappa shape index (κ2) is 17.2. The van der Waals surface area contributed by atoms with Gasteiger partial charge in [0.1, 0.15) is 0 Å². The van der Waals surface area contributed by atoms with Crippen LogP contribution < -0.4 is 0 Å². The minimum atomic E-state index is -0.675. The van der Waals surface area contributed by atoms with Gasteiger partial charge in [-0.05, 0) is 38.5 Å². The van der Waals surface area contributed by atoms with E-state index < -0.39 is 5.97 Å². The van der Waals surface area contributed by atoms with Crippen LogP contribution in [0.3, 0.4) is 0 Å². The van der Waals surface area contributed by atoms with Crippen molar-refractivity contribution in [2.75, 3.05) is 6.61 Å². The van der Waals surface area contributed by atoms with Gasteiger partial charge in [0.15, 0.2) is 0 Å². The molecule has 0 saturated heterocycles. The monoisotopic (exact) mass is 298 g/mol. The van der Waals surface area contributed by atoms with Crippen molar-refractivity contribution in [3.05, 3.63) is 12.2 Å². The Labute approximate surface area is 130 Å². The number of hydrogen-bond donors (Lipinski definition) is 2. The molecule has 0 spiro atoms. The van der Waals surface area contributed by atoms with E-state index in [0.717, 1.165) is 32.1 Å². The van der Waals surface area contributed by atoms with Gasteiger partial charge in [-0.2, -0.15) is 0 Å². The van der Waals surface area contributed by atoms with Gasteiger partial charge >= 0.3 is 5.97 Å². The number of carbonyl (C=O) groups is 1. The summed E-state index contributed by atoms with van der Waals surface area (Å²) in [6, 6.07) is 0. The largest absolute Gasteiger partial charge is 0.481 e. The number of aliphatic carboxylic acids is 1. The molecule has 0 radical (unpaired) electrons. The standard InChI is InChI=1S/C18H34O3/c19-17-15-13-11-9-7-5-3-1-2-4-6-8-10-12-14-16-18(20)21/h1-2,19H,3-17H2,(H,20,21)/b2-1+. The van der Waals surface area contributed by atoms with Gasteiger partial charge < -0.3 is 10.2 Å². The normalized spacial score (nSPS) is 11.3. The molecule has 3 nitrogen and oxygen atoms in total. The topological polar surface area (TPSA) is 57.5 Å². The van der Waals surface area contributed by atoms with E-state index in [1.807, 2.05) is 0 Å². The molecule has 2 N–H and O–H groups in total. The summed E-state index contributed by atoms with van der Waals surface area (Å²) in [5.74, 6) is -0.675. The van der Waals surface area contributed by atoms with Gasteiger partial charge in [-0.25, -0.2) is 0 Å². The van der Waals surface area contributed by atoms with E-state index in [0.29, 0.717) is 13.0 Å². The number of allylic oxidation sites excluding steroid dienone is 2. The predicted molar refractivity (Wildman–Crippen MR) is 88.5 cm³/mol. The zero-order valence-corrected chi connectivity index (χ0v) is 13.6.